The highest BCUT2D eigenvalue weighted by atomic mass is 35.5. The molecule has 1 N–H and O–H groups in total. The van der Waals surface area contributed by atoms with Crippen molar-refractivity contribution in [2.45, 2.75) is 13.0 Å². The van der Waals surface area contributed by atoms with Gasteiger partial charge < -0.3 is 19.5 Å². The number of carbonyl (C=O) groups is 2. The number of benzene rings is 2. The van der Waals surface area contributed by atoms with Crippen LogP contribution in [0.4, 0.5) is 5.69 Å². The number of hydrogen-bond donors (Lipinski definition) is 1. The lowest BCUT2D eigenvalue weighted by molar-refractivity contribution is -0.123. The topological polar surface area (TPSA) is 73.9 Å². The number of hydrogen-bond acceptors (Lipinski definition) is 5. The standard InChI is InChI=1S/C18H17Cl2NO5/c1-10(17(22)21-13-6-4-12(19)5-7-13)26-18(23)11-8-14(20)16(25-3)15(9-11)24-2/h4-10H,1-3H3,(H,21,22)/t10-/m1/s1. The van der Waals surface area contributed by atoms with Crippen molar-refractivity contribution in [3.63, 3.8) is 0 Å². The molecule has 0 aromatic heterocycles. The third-order valence-corrected chi connectivity index (χ3v) is 3.97. The van der Waals surface area contributed by atoms with Gasteiger partial charge in [-0.2, -0.15) is 0 Å². The maximum Gasteiger partial charge on any atom is 0.339 e. The molecule has 8 heteroatoms. The monoisotopic (exact) mass is 397 g/mol. The average Bonchev–Trinajstić information content (AvgIpc) is 2.62. The van der Waals surface area contributed by atoms with Crippen molar-refractivity contribution in [2.24, 2.45) is 0 Å². The van der Waals surface area contributed by atoms with Gasteiger partial charge in [0.25, 0.3) is 5.91 Å². The van der Waals surface area contributed by atoms with Gasteiger partial charge in [-0.3, -0.25) is 4.79 Å². The minimum atomic E-state index is -1.02. The maximum atomic E-state index is 12.3. The van der Waals surface area contributed by atoms with Crippen molar-refractivity contribution in [1.82, 2.24) is 0 Å². The lowest BCUT2D eigenvalue weighted by Crippen LogP contribution is -2.30. The van der Waals surface area contributed by atoms with E-state index in [1.165, 1.54) is 33.3 Å². The largest absolute Gasteiger partial charge is 0.493 e. The number of ether oxygens (including phenoxy) is 3. The SMILES string of the molecule is COc1cc(C(=O)O[C@H](C)C(=O)Nc2ccc(Cl)cc2)cc(Cl)c1OC. The van der Waals surface area contributed by atoms with Crippen molar-refractivity contribution < 1.29 is 23.8 Å². The Hall–Kier alpha value is -2.44. The molecule has 0 spiro atoms. The number of methoxy groups -OCH3 is 2. The minimum absolute atomic E-state index is 0.138. The Morgan fingerprint density at radius 2 is 1.69 bits per heavy atom. The predicted molar refractivity (Wildman–Crippen MR) is 99.5 cm³/mol. The van der Waals surface area contributed by atoms with Crippen LogP contribution in [0.1, 0.15) is 17.3 Å². The van der Waals surface area contributed by atoms with E-state index in [0.29, 0.717) is 16.5 Å². The van der Waals surface area contributed by atoms with Crippen molar-refractivity contribution >= 4 is 40.8 Å². The molecule has 0 saturated carbocycles. The predicted octanol–water partition coefficient (Wildman–Crippen LogP) is 4.19. The van der Waals surface area contributed by atoms with Crippen LogP contribution in [0.3, 0.4) is 0 Å². The fourth-order valence-electron chi connectivity index (χ4n) is 2.10. The first kappa shape index (κ1) is 19.9. The van der Waals surface area contributed by atoms with Crippen LogP contribution in [0, 0.1) is 0 Å². The summed E-state index contributed by atoms with van der Waals surface area (Å²) in [6.45, 7) is 1.46. The normalized spacial score (nSPS) is 11.4. The highest BCUT2D eigenvalue weighted by Gasteiger charge is 2.21. The summed E-state index contributed by atoms with van der Waals surface area (Å²) in [6, 6.07) is 9.37. The second-order valence-electron chi connectivity index (χ2n) is 5.24. The van der Waals surface area contributed by atoms with Gasteiger partial charge in [0.05, 0.1) is 24.8 Å². The van der Waals surface area contributed by atoms with Gasteiger partial charge in [0.2, 0.25) is 0 Å². The van der Waals surface area contributed by atoms with Crippen LogP contribution >= 0.6 is 23.2 Å². The van der Waals surface area contributed by atoms with Gasteiger partial charge in [0, 0.05) is 10.7 Å². The van der Waals surface area contributed by atoms with Gasteiger partial charge in [-0.05, 0) is 43.3 Å². The van der Waals surface area contributed by atoms with E-state index in [-0.39, 0.29) is 16.3 Å². The van der Waals surface area contributed by atoms with Crippen LogP contribution < -0.4 is 14.8 Å². The van der Waals surface area contributed by atoms with Gasteiger partial charge >= 0.3 is 5.97 Å². The number of nitrogens with one attached hydrogen (secondary N) is 1. The molecule has 1 amide bonds. The van der Waals surface area contributed by atoms with E-state index in [4.69, 9.17) is 37.4 Å². The van der Waals surface area contributed by atoms with Crippen LogP contribution in [0.5, 0.6) is 11.5 Å². The highest BCUT2D eigenvalue weighted by molar-refractivity contribution is 6.32. The number of halogens is 2. The Bertz CT molecular complexity index is 808. The second kappa shape index (κ2) is 8.78. The molecule has 0 bridgehead atoms. The van der Waals surface area contributed by atoms with E-state index in [1.807, 2.05) is 0 Å². The van der Waals surface area contributed by atoms with E-state index in [1.54, 1.807) is 24.3 Å². The Morgan fingerprint density at radius 1 is 1.04 bits per heavy atom. The Balaban J connectivity index is 2.07. The molecular formula is C18H17Cl2NO5. The summed E-state index contributed by atoms with van der Waals surface area (Å²) < 4.78 is 15.4. The molecule has 2 aromatic rings. The zero-order valence-electron chi connectivity index (χ0n) is 14.3. The third-order valence-electron chi connectivity index (χ3n) is 3.43. The summed E-state index contributed by atoms with van der Waals surface area (Å²) in [4.78, 5) is 24.5. The third kappa shape index (κ3) is 4.80. The first-order valence-electron chi connectivity index (χ1n) is 7.54. The van der Waals surface area contributed by atoms with Gasteiger partial charge in [0.1, 0.15) is 0 Å². The zero-order chi connectivity index (χ0) is 19.3. The quantitative estimate of drug-likeness (QED) is 0.739. The van der Waals surface area contributed by atoms with Crippen LogP contribution in [-0.2, 0) is 9.53 Å². The van der Waals surface area contributed by atoms with E-state index in [9.17, 15) is 9.59 Å². The summed E-state index contributed by atoms with van der Waals surface area (Å²) >= 11 is 11.9. The van der Waals surface area contributed by atoms with Crippen LogP contribution in [0.15, 0.2) is 36.4 Å². The Morgan fingerprint density at radius 3 is 2.27 bits per heavy atom. The smallest absolute Gasteiger partial charge is 0.339 e. The lowest BCUT2D eigenvalue weighted by Gasteiger charge is -2.15. The molecule has 0 radical (unpaired) electrons. The molecular weight excluding hydrogens is 381 g/mol. The van der Waals surface area contributed by atoms with Gasteiger partial charge in [-0.1, -0.05) is 23.2 Å². The molecule has 6 nitrogen and oxygen atoms in total. The Kier molecular flexibility index (Phi) is 6.71. The highest BCUT2D eigenvalue weighted by Crippen LogP contribution is 2.36. The molecule has 138 valence electrons. The number of amides is 1. The van der Waals surface area contributed by atoms with Gasteiger partial charge in [-0.25, -0.2) is 4.79 Å². The molecule has 0 aliphatic heterocycles. The van der Waals surface area contributed by atoms with E-state index >= 15 is 0 Å². The van der Waals surface area contributed by atoms with E-state index < -0.39 is 18.0 Å². The van der Waals surface area contributed by atoms with Crippen molar-refractivity contribution in [3.05, 3.63) is 52.0 Å². The zero-order valence-corrected chi connectivity index (χ0v) is 15.9. The van der Waals surface area contributed by atoms with Gasteiger partial charge in [-0.15, -0.1) is 0 Å². The molecule has 0 aliphatic carbocycles. The minimum Gasteiger partial charge on any atom is -0.493 e. The summed E-state index contributed by atoms with van der Waals surface area (Å²) in [5.41, 5.74) is 0.676. The lowest BCUT2D eigenvalue weighted by atomic mass is 10.2. The van der Waals surface area contributed by atoms with E-state index in [0.717, 1.165) is 0 Å². The Labute approximate surface area is 160 Å². The average molecular weight is 398 g/mol. The number of carbonyl (C=O) groups excluding carboxylic acids is 2. The summed E-state index contributed by atoms with van der Waals surface area (Å²) in [6.07, 6.45) is -1.02. The molecule has 0 aliphatic rings. The molecule has 0 fully saturated rings. The van der Waals surface area contributed by atoms with Crippen molar-refractivity contribution in [1.29, 1.82) is 0 Å². The van der Waals surface area contributed by atoms with Crippen LogP contribution in [0.25, 0.3) is 0 Å². The van der Waals surface area contributed by atoms with Crippen LogP contribution in [-0.4, -0.2) is 32.2 Å². The molecule has 0 unspecified atom stereocenters. The van der Waals surface area contributed by atoms with E-state index in [2.05, 4.69) is 5.32 Å². The first-order valence-corrected chi connectivity index (χ1v) is 8.30. The molecule has 0 heterocycles. The summed E-state index contributed by atoms with van der Waals surface area (Å²) in [5, 5.41) is 3.37. The first-order chi connectivity index (χ1) is 12.3. The molecule has 2 aromatic carbocycles. The summed E-state index contributed by atoms with van der Waals surface area (Å²) in [7, 11) is 2.86. The fourth-order valence-corrected chi connectivity index (χ4v) is 2.51. The second-order valence-corrected chi connectivity index (χ2v) is 6.08. The number of rotatable bonds is 6. The number of anilines is 1. The van der Waals surface area contributed by atoms with Crippen LogP contribution in [0.2, 0.25) is 10.0 Å². The maximum absolute atomic E-state index is 12.3. The molecule has 2 rings (SSSR count). The molecule has 0 saturated heterocycles. The van der Waals surface area contributed by atoms with Crippen molar-refractivity contribution in [3.8, 4) is 11.5 Å². The summed E-state index contributed by atoms with van der Waals surface area (Å²) in [5.74, 6) is -0.608. The molecule has 26 heavy (non-hydrogen) atoms. The van der Waals surface area contributed by atoms with Gasteiger partial charge in [0.15, 0.2) is 17.6 Å². The fraction of sp³-hybridized carbons (Fsp3) is 0.222. The molecule has 1 atom stereocenters. The number of esters is 1. The van der Waals surface area contributed by atoms with Crippen molar-refractivity contribution in [2.75, 3.05) is 19.5 Å².